The van der Waals surface area contributed by atoms with Crippen molar-refractivity contribution in [2.24, 2.45) is 0 Å². The molecule has 0 aliphatic heterocycles. The van der Waals surface area contributed by atoms with E-state index in [4.69, 9.17) is 5.11 Å². The van der Waals surface area contributed by atoms with Gasteiger partial charge in [0.05, 0.1) is 0 Å². The molecule has 0 heterocycles. The number of hydrogen-bond donors (Lipinski definition) is 2. The molecule has 106 valence electrons. The molecule has 0 amide bonds. The zero-order valence-electron chi connectivity index (χ0n) is 11.2. The van der Waals surface area contributed by atoms with Crippen molar-refractivity contribution in [2.75, 3.05) is 0 Å². The van der Waals surface area contributed by atoms with Crippen molar-refractivity contribution in [2.45, 2.75) is 6.42 Å². The van der Waals surface area contributed by atoms with E-state index in [9.17, 15) is 14.7 Å². The van der Waals surface area contributed by atoms with E-state index < -0.39 is 11.8 Å². The number of carboxylic acids is 1. The summed E-state index contributed by atoms with van der Waals surface area (Å²) >= 11 is 0. The van der Waals surface area contributed by atoms with Gasteiger partial charge in [0.25, 0.3) is 5.78 Å². The third-order valence-corrected chi connectivity index (χ3v) is 3.01. The molecular formula is C17H14O4. The molecule has 2 aromatic rings. The van der Waals surface area contributed by atoms with Gasteiger partial charge in [0.15, 0.2) is 0 Å². The molecule has 21 heavy (non-hydrogen) atoms. The molecule has 2 rings (SSSR count). The van der Waals surface area contributed by atoms with Crippen LogP contribution in [0.2, 0.25) is 0 Å². The lowest BCUT2D eigenvalue weighted by Crippen LogP contribution is -2.09. The molecule has 2 aromatic carbocycles. The van der Waals surface area contributed by atoms with Gasteiger partial charge in [0.2, 0.25) is 0 Å². The van der Waals surface area contributed by atoms with E-state index in [1.807, 2.05) is 42.5 Å². The maximum atomic E-state index is 11.2. The lowest BCUT2D eigenvalue weighted by atomic mass is 9.98. The van der Waals surface area contributed by atoms with Gasteiger partial charge in [0.1, 0.15) is 5.76 Å². The van der Waals surface area contributed by atoms with Gasteiger partial charge >= 0.3 is 5.97 Å². The molecule has 0 saturated heterocycles. The van der Waals surface area contributed by atoms with Gasteiger partial charge in [-0.05, 0) is 17.5 Å². The quantitative estimate of drug-likeness (QED) is 0.502. The van der Waals surface area contributed by atoms with Crippen molar-refractivity contribution in [1.82, 2.24) is 0 Å². The fraction of sp³-hybridized carbons (Fsp3) is 0.0588. The molecule has 0 saturated carbocycles. The van der Waals surface area contributed by atoms with Crippen LogP contribution >= 0.6 is 0 Å². The summed E-state index contributed by atoms with van der Waals surface area (Å²) in [6.07, 6.45) is 1.31. The summed E-state index contributed by atoms with van der Waals surface area (Å²) in [7, 11) is 0. The molecule has 0 atom stereocenters. The van der Waals surface area contributed by atoms with Crippen LogP contribution in [0, 0.1) is 0 Å². The van der Waals surface area contributed by atoms with E-state index in [1.165, 1.54) is 0 Å². The SMILES string of the molecule is O=C(O)C(=O)C=C(O)c1ccccc1Cc1ccccc1. The summed E-state index contributed by atoms with van der Waals surface area (Å²) in [4.78, 5) is 21.7. The van der Waals surface area contributed by atoms with Crippen molar-refractivity contribution in [3.63, 3.8) is 0 Å². The molecule has 4 nitrogen and oxygen atoms in total. The average Bonchev–Trinajstić information content (AvgIpc) is 2.48. The van der Waals surface area contributed by atoms with Crippen molar-refractivity contribution < 1.29 is 19.8 Å². The summed E-state index contributed by atoms with van der Waals surface area (Å²) in [5, 5.41) is 18.6. The Morgan fingerprint density at radius 1 is 0.905 bits per heavy atom. The summed E-state index contributed by atoms with van der Waals surface area (Å²) in [5.74, 6) is -3.09. The van der Waals surface area contributed by atoms with Gasteiger partial charge in [-0.3, -0.25) is 4.79 Å². The number of rotatable bonds is 5. The van der Waals surface area contributed by atoms with Gasteiger partial charge in [-0.15, -0.1) is 0 Å². The van der Waals surface area contributed by atoms with Crippen molar-refractivity contribution in [1.29, 1.82) is 0 Å². The Kier molecular flexibility index (Phi) is 4.51. The Bertz CT molecular complexity index is 687. The zero-order valence-corrected chi connectivity index (χ0v) is 11.2. The van der Waals surface area contributed by atoms with Crippen LogP contribution in [0.3, 0.4) is 0 Å². The van der Waals surface area contributed by atoms with Gasteiger partial charge < -0.3 is 10.2 Å². The number of carbonyl (C=O) groups excluding carboxylic acids is 1. The van der Waals surface area contributed by atoms with E-state index in [-0.39, 0.29) is 5.76 Å². The number of aliphatic hydroxyl groups is 1. The van der Waals surface area contributed by atoms with Gasteiger partial charge in [-0.1, -0.05) is 54.6 Å². The highest BCUT2D eigenvalue weighted by Crippen LogP contribution is 2.20. The van der Waals surface area contributed by atoms with Crippen molar-refractivity contribution >= 4 is 17.5 Å². The Hall–Kier alpha value is -2.88. The first-order valence-electron chi connectivity index (χ1n) is 6.38. The van der Waals surface area contributed by atoms with Gasteiger partial charge in [-0.25, -0.2) is 4.79 Å². The third-order valence-electron chi connectivity index (χ3n) is 3.01. The molecule has 0 spiro atoms. The van der Waals surface area contributed by atoms with E-state index in [1.54, 1.807) is 12.1 Å². The second-order valence-electron chi connectivity index (χ2n) is 4.52. The largest absolute Gasteiger partial charge is 0.507 e. The molecule has 0 fully saturated rings. The highest BCUT2D eigenvalue weighted by atomic mass is 16.4. The van der Waals surface area contributed by atoms with Gasteiger partial charge in [-0.2, -0.15) is 0 Å². The van der Waals surface area contributed by atoms with E-state index in [0.717, 1.165) is 17.2 Å². The Morgan fingerprint density at radius 3 is 2.19 bits per heavy atom. The minimum Gasteiger partial charge on any atom is -0.507 e. The highest BCUT2D eigenvalue weighted by Gasteiger charge is 2.12. The molecule has 0 aliphatic rings. The predicted octanol–water partition coefficient (Wildman–Crippen LogP) is 2.83. The normalized spacial score (nSPS) is 11.1. The topological polar surface area (TPSA) is 74.6 Å². The smallest absolute Gasteiger partial charge is 0.376 e. The number of carboxylic acid groups (broad SMARTS) is 1. The standard InChI is InChI=1S/C17H14O4/c18-15(11-16(19)17(20)21)14-9-5-4-8-13(14)10-12-6-2-1-3-7-12/h1-9,11,18H,10H2,(H,20,21). The number of carbonyl (C=O) groups is 2. The van der Waals surface area contributed by atoms with Crippen LogP contribution in [0.1, 0.15) is 16.7 Å². The first-order valence-corrected chi connectivity index (χ1v) is 6.38. The number of aliphatic carboxylic acids is 1. The van der Waals surface area contributed by atoms with Crippen molar-refractivity contribution in [3.05, 3.63) is 77.4 Å². The fourth-order valence-corrected chi connectivity index (χ4v) is 2.00. The Labute approximate surface area is 122 Å². The number of aliphatic hydroxyl groups excluding tert-OH is 1. The summed E-state index contributed by atoms with van der Waals surface area (Å²) in [6.45, 7) is 0. The molecule has 0 bridgehead atoms. The molecule has 0 unspecified atom stereocenters. The third kappa shape index (κ3) is 3.79. The second-order valence-corrected chi connectivity index (χ2v) is 4.52. The monoisotopic (exact) mass is 282 g/mol. The van der Waals surface area contributed by atoms with Crippen molar-refractivity contribution in [3.8, 4) is 0 Å². The van der Waals surface area contributed by atoms with Crippen LogP contribution < -0.4 is 0 Å². The summed E-state index contributed by atoms with van der Waals surface area (Å²) in [5.41, 5.74) is 2.33. The first kappa shape index (κ1) is 14.5. The molecule has 0 radical (unpaired) electrons. The maximum Gasteiger partial charge on any atom is 0.376 e. The zero-order chi connectivity index (χ0) is 15.2. The van der Waals surface area contributed by atoms with Crippen LogP contribution in [0.25, 0.3) is 5.76 Å². The second kappa shape index (κ2) is 6.52. The summed E-state index contributed by atoms with van der Waals surface area (Å²) < 4.78 is 0. The molecule has 2 N–H and O–H groups in total. The number of ketones is 1. The maximum absolute atomic E-state index is 11.2. The lowest BCUT2D eigenvalue weighted by Gasteiger charge is -2.08. The predicted molar refractivity (Wildman–Crippen MR) is 78.9 cm³/mol. The molecular weight excluding hydrogens is 268 g/mol. The lowest BCUT2D eigenvalue weighted by molar-refractivity contribution is -0.146. The molecule has 0 aliphatic carbocycles. The van der Waals surface area contributed by atoms with Crippen LogP contribution in [-0.4, -0.2) is 22.0 Å². The Morgan fingerprint density at radius 2 is 1.52 bits per heavy atom. The Balaban J connectivity index is 2.33. The van der Waals surface area contributed by atoms with Crippen LogP contribution in [-0.2, 0) is 16.0 Å². The summed E-state index contributed by atoms with van der Waals surface area (Å²) in [6, 6.07) is 16.7. The van der Waals surface area contributed by atoms with Crippen LogP contribution in [0.15, 0.2) is 60.7 Å². The first-order chi connectivity index (χ1) is 10.1. The van der Waals surface area contributed by atoms with Crippen LogP contribution in [0.5, 0.6) is 0 Å². The fourth-order valence-electron chi connectivity index (χ4n) is 2.00. The average molecular weight is 282 g/mol. The highest BCUT2D eigenvalue weighted by molar-refractivity contribution is 6.38. The van der Waals surface area contributed by atoms with E-state index >= 15 is 0 Å². The number of hydrogen-bond acceptors (Lipinski definition) is 3. The van der Waals surface area contributed by atoms with Crippen LogP contribution in [0.4, 0.5) is 0 Å². The van der Waals surface area contributed by atoms with E-state index in [2.05, 4.69) is 0 Å². The number of benzene rings is 2. The minimum absolute atomic E-state index is 0.339. The minimum atomic E-state index is -1.60. The molecule has 0 aromatic heterocycles. The van der Waals surface area contributed by atoms with E-state index in [0.29, 0.717) is 12.0 Å². The van der Waals surface area contributed by atoms with Gasteiger partial charge in [0, 0.05) is 11.6 Å². The molecule has 4 heteroatoms.